The highest BCUT2D eigenvalue weighted by Gasteiger charge is 2.14. The van der Waals surface area contributed by atoms with Gasteiger partial charge in [0.15, 0.2) is 0 Å². The van der Waals surface area contributed by atoms with Gasteiger partial charge >= 0.3 is 11.9 Å². The zero-order valence-electron chi connectivity index (χ0n) is 26.7. The van der Waals surface area contributed by atoms with Crippen LogP contribution in [0.2, 0.25) is 0 Å². The third-order valence-electron chi connectivity index (χ3n) is 7.70. The largest absolute Gasteiger partial charge is 0.494 e. The number of unbranched alkanes of at least 4 members (excludes halogenated alkanes) is 10. The van der Waals surface area contributed by atoms with Gasteiger partial charge in [0.25, 0.3) is 0 Å². The maximum Gasteiger partial charge on any atom is 0.343 e. The molecule has 44 heavy (non-hydrogen) atoms. The lowest BCUT2D eigenvalue weighted by Gasteiger charge is -2.13. The second-order valence-corrected chi connectivity index (χ2v) is 11.5. The normalized spacial score (nSPS) is 11.5. The monoisotopic (exact) mass is 598 g/mol. The number of carbonyl (C=O) groups is 2. The fourth-order valence-corrected chi connectivity index (χ4v) is 5.00. The quantitative estimate of drug-likeness (QED) is 0.0528. The van der Waals surface area contributed by atoms with Crippen LogP contribution in [-0.2, 0) is 4.74 Å². The van der Waals surface area contributed by atoms with Crippen LogP contribution in [0.1, 0.15) is 118 Å². The Labute approximate surface area is 264 Å². The number of esters is 2. The Hall–Kier alpha value is -3.86. The van der Waals surface area contributed by atoms with Gasteiger partial charge in [-0.3, -0.25) is 0 Å². The van der Waals surface area contributed by atoms with Crippen LogP contribution >= 0.6 is 0 Å². The van der Waals surface area contributed by atoms with Crippen LogP contribution in [-0.4, -0.2) is 24.6 Å². The summed E-state index contributed by atoms with van der Waals surface area (Å²) < 4.78 is 17.0. The first kappa shape index (κ1) is 34.6. The van der Waals surface area contributed by atoms with Crippen LogP contribution in [0.3, 0.4) is 0 Å². The molecular weight excluding hydrogens is 548 g/mol. The van der Waals surface area contributed by atoms with E-state index >= 15 is 0 Å². The van der Waals surface area contributed by atoms with Gasteiger partial charge in [-0.05, 0) is 98.7 Å². The molecule has 0 spiro atoms. The number of benzene rings is 3. The summed E-state index contributed by atoms with van der Waals surface area (Å²) >= 11 is 0. The summed E-state index contributed by atoms with van der Waals surface area (Å²) in [5.41, 5.74) is 2.94. The predicted octanol–water partition coefficient (Wildman–Crippen LogP) is 10.8. The molecule has 3 rings (SSSR count). The lowest BCUT2D eigenvalue weighted by molar-refractivity contribution is 0.0319. The van der Waals surface area contributed by atoms with Crippen molar-refractivity contribution in [3.8, 4) is 22.6 Å². The van der Waals surface area contributed by atoms with Gasteiger partial charge in [-0.15, -0.1) is 6.58 Å². The molecule has 0 aliphatic carbocycles. The van der Waals surface area contributed by atoms with E-state index < -0.39 is 5.97 Å². The van der Waals surface area contributed by atoms with Gasteiger partial charge in [-0.2, -0.15) is 0 Å². The summed E-state index contributed by atoms with van der Waals surface area (Å²) in [4.78, 5) is 25.2. The van der Waals surface area contributed by atoms with E-state index in [4.69, 9.17) is 14.2 Å². The summed E-state index contributed by atoms with van der Waals surface area (Å²) in [5.74, 6) is 0.425. The molecule has 0 fully saturated rings. The third-order valence-corrected chi connectivity index (χ3v) is 7.70. The molecule has 0 radical (unpaired) electrons. The third kappa shape index (κ3) is 12.8. The zero-order chi connectivity index (χ0) is 31.4. The highest BCUT2D eigenvalue weighted by atomic mass is 16.5. The number of allylic oxidation sites excluding steroid dienone is 1. The van der Waals surface area contributed by atoms with Gasteiger partial charge in [0.2, 0.25) is 0 Å². The van der Waals surface area contributed by atoms with Gasteiger partial charge < -0.3 is 14.2 Å². The summed E-state index contributed by atoms with van der Waals surface area (Å²) in [6.07, 6.45) is 17.2. The van der Waals surface area contributed by atoms with Crippen LogP contribution in [0, 0.1) is 0 Å². The Balaban J connectivity index is 1.39. The minimum Gasteiger partial charge on any atom is -0.494 e. The molecule has 1 atom stereocenters. The zero-order valence-corrected chi connectivity index (χ0v) is 26.7. The molecule has 0 amide bonds. The molecule has 3 aromatic carbocycles. The van der Waals surface area contributed by atoms with Crippen molar-refractivity contribution in [1.29, 1.82) is 0 Å². The van der Waals surface area contributed by atoms with Gasteiger partial charge in [-0.1, -0.05) is 88.6 Å². The Morgan fingerprint density at radius 3 is 1.82 bits per heavy atom. The van der Waals surface area contributed by atoms with E-state index in [0.717, 1.165) is 55.6 Å². The Morgan fingerprint density at radius 1 is 0.659 bits per heavy atom. The predicted molar refractivity (Wildman–Crippen MR) is 180 cm³/mol. The first-order chi connectivity index (χ1) is 21.5. The Bertz CT molecular complexity index is 1250. The molecule has 3 aromatic rings. The van der Waals surface area contributed by atoms with Gasteiger partial charge in [0.1, 0.15) is 11.5 Å². The Morgan fingerprint density at radius 2 is 1.18 bits per heavy atom. The molecule has 0 aliphatic heterocycles. The lowest BCUT2D eigenvalue weighted by Crippen LogP contribution is -2.15. The van der Waals surface area contributed by atoms with Crippen molar-refractivity contribution >= 4 is 11.9 Å². The second-order valence-electron chi connectivity index (χ2n) is 11.5. The molecule has 0 unspecified atom stereocenters. The summed E-state index contributed by atoms with van der Waals surface area (Å²) in [6.45, 7) is 8.61. The van der Waals surface area contributed by atoms with Crippen LogP contribution in [0.5, 0.6) is 11.5 Å². The molecule has 5 heteroatoms. The van der Waals surface area contributed by atoms with Crippen molar-refractivity contribution in [3.05, 3.63) is 96.6 Å². The highest BCUT2D eigenvalue weighted by Crippen LogP contribution is 2.24. The van der Waals surface area contributed by atoms with Crippen molar-refractivity contribution in [2.75, 3.05) is 6.61 Å². The average molecular weight is 599 g/mol. The highest BCUT2D eigenvalue weighted by molar-refractivity contribution is 5.92. The van der Waals surface area contributed by atoms with Crippen LogP contribution in [0.4, 0.5) is 0 Å². The van der Waals surface area contributed by atoms with Crippen LogP contribution in [0.25, 0.3) is 11.1 Å². The maximum atomic E-state index is 12.7. The molecule has 5 nitrogen and oxygen atoms in total. The molecule has 0 saturated heterocycles. The van der Waals surface area contributed by atoms with E-state index in [9.17, 15) is 9.59 Å². The van der Waals surface area contributed by atoms with E-state index in [1.807, 2.05) is 49.4 Å². The molecule has 0 heterocycles. The van der Waals surface area contributed by atoms with Crippen molar-refractivity contribution < 1.29 is 23.8 Å². The number of hydrogen-bond acceptors (Lipinski definition) is 5. The van der Waals surface area contributed by atoms with Crippen molar-refractivity contribution in [1.82, 2.24) is 0 Å². The summed E-state index contributed by atoms with van der Waals surface area (Å²) in [7, 11) is 0. The standard InChI is InChI=1S/C39H50O5/c1-4-6-8-10-11-12-13-14-16-30-42-36-26-22-33(23-27-36)32-18-20-34(21-19-32)39(41)44-37-28-24-35(25-29-37)38(40)43-31(3)17-15-9-7-5-2/h4,18-29,31H,1,5-17,30H2,2-3H3/t31-/m1/s1. The van der Waals surface area contributed by atoms with Gasteiger partial charge in [0, 0.05) is 0 Å². The van der Waals surface area contributed by atoms with Crippen molar-refractivity contribution in [2.24, 2.45) is 0 Å². The average Bonchev–Trinajstić information content (AvgIpc) is 3.04. The number of hydrogen-bond donors (Lipinski definition) is 0. The Kier molecular flexibility index (Phi) is 15.9. The minimum atomic E-state index is -0.455. The molecular formula is C39H50O5. The number of rotatable bonds is 21. The SMILES string of the molecule is C=CCCCCCCCCCOc1ccc(-c2ccc(C(=O)Oc3ccc(C(=O)O[C@H](C)CCCCCC)cc3)cc2)cc1. The minimum absolute atomic E-state index is 0.126. The molecule has 0 aliphatic rings. The molecule has 236 valence electrons. The lowest BCUT2D eigenvalue weighted by atomic mass is 10.0. The molecule has 0 N–H and O–H groups in total. The fraction of sp³-hybridized carbons (Fsp3) is 0.436. The topological polar surface area (TPSA) is 61.8 Å². The van der Waals surface area contributed by atoms with E-state index in [2.05, 4.69) is 13.5 Å². The van der Waals surface area contributed by atoms with Gasteiger partial charge in [0.05, 0.1) is 23.8 Å². The first-order valence-electron chi connectivity index (χ1n) is 16.5. The first-order valence-corrected chi connectivity index (χ1v) is 16.5. The van der Waals surface area contributed by atoms with Crippen molar-refractivity contribution in [3.63, 3.8) is 0 Å². The van der Waals surface area contributed by atoms with Crippen molar-refractivity contribution in [2.45, 2.75) is 103 Å². The van der Waals surface area contributed by atoms with E-state index in [0.29, 0.717) is 16.9 Å². The van der Waals surface area contributed by atoms with Crippen LogP contribution in [0.15, 0.2) is 85.5 Å². The van der Waals surface area contributed by atoms with E-state index in [1.165, 1.54) is 51.4 Å². The van der Waals surface area contributed by atoms with Crippen LogP contribution < -0.4 is 9.47 Å². The van der Waals surface area contributed by atoms with Gasteiger partial charge in [-0.25, -0.2) is 9.59 Å². The second kappa shape index (κ2) is 20.2. The summed E-state index contributed by atoms with van der Waals surface area (Å²) in [5, 5.41) is 0. The number of carbonyl (C=O) groups excluding carboxylic acids is 2. The summed E-state index contributed by atoms with van der Waals surface area (Å²) in [6, 6.07) is 21.9. The maximum absolute atomic E-state index is 12.7. The molecule has 0 aromatic heterocycles. The fourth-order valence-electron chi connectivity index (χ4n) is 5.00. The molecule has 0 bridgehead atoms. The van der Waals surface area contributed by atoms with E-state index in [-0.39, 0.29) is 12.1 Å². The van der Waals surface area contributed by atoms with E-state index in [1.54, 1.807) is 36.4 Å². The smallest absolute Gasteiger partial charge is 0.343 e. The number of ether oxygens (including phenoxy) is 3. The molecule has 0 saturated carbocycles.